The first-order valence-electron chi connectivity index (χ1n) is 6.65. The zero-order valence-corrected chi connectivity index (χ0v) is 11.6. The van der Waals surface area contributed by atoms with Crippen molar-refractivity contribution >= 4 is 17.5 Å². The summed E-state index contributed by atoms with van der Waals surface area (Å²) < 4.78 is 0. The summed E-state index contributed by atoms with van der Waals surface area (Å²) in [6, 6.07) is 7.99. The van der Waals surface area contributed by atoms with Crippen LogP contribution >= 0.6 is 0 Å². The Morgan fingerprint density at radius 1 is 1.42 bits per heavy atom. The molecule has 0 spiro atoms. The Hall–Kier alpha value is -1.84. The Morgan fingerprint density at radius 2 is 2.16 bits per heavy atom. The van der Waals surface area contributed by atoms with Crippen LogP contribution < -0.4 is 10.2 Å². The van der Waals surface area contributed by atoms with Crippen LogP contribution in [0.15, 0.2) is 24.3 Å². The van der Waals surface area contributed by atoms with Crippen molar-refractivity contribution in [3.8, 4) is 0 Å². The fourth-order valence-electron chi connectivity index (χ4n) is 2.39. The van der Waals surface area contributed by atoms with E-state index >= 15 is 0 Å². The number of amides is 2. The van der Waals surface area contributed by atoms with Crippen molar-refractivity contribution < 1.29 is 9.59 Å². The van der Waals surface area contributed by atoms with Gasteiger partial charge in [0.05, 0.1) is 5.92 Å². The molecule has 0 aliphatic carbocycles. The summed E-state index contributed by atoms with van der Waals surface area (Å²) in [5, 5.41) is 2.61. The molecule has 0 unspecified atom stereocenters. The van der Waals surface area contributed by atoms with Crippen molar-refractivity contribution in [2.45, 2.75) is 26.2 Å². The van der Waals surface area contributed by atoms with E-state index in [9.17, 15) is 9.59 Å². The number of carbonyl (C=O) groups excluding carboxylic acids is 2. The molecule has 0 aromatic heterocycles. The van der Waals surface area contributed by atoms with Crippen LogP contribution in [-0.2, 0) is 9.59 Å². The molecule has 0 radical (unpaired) electrons. The van der Waals surface area contributed by atoms with E-state index in [1.807, 2.05) is 18.2 Å². The Bertz CT molecular complexity index is 497. The topological polar surface area (TPSA) is 49.4 Å². The van der Waals surface area contributed by atoms with E-state index in [-0.39, 0.29) is 17.7 Å². The second-order valence-corrected chi connectivity index (χ2v) is 5.27. The van der Waals surface area contributed by atoms with Crippen molar-refractivity contribution in [3.05, 3.63) is 29.8 Å². The highest BCUT2D eigenvalue weighted by molar-refractivity contribution is 6.00. The quantitative estimate of drug-likeness (QED) is 0.902. The molecule has 1 heterocycles. The summed E-state index contributed by atoms with van der Waals surface area (Å²) in [4.78, 5) is 25.4. The van der Waals surface area contributed by atoms with Crippen molar-refractivity contribution in [1.29, 1.82) is 0 Å². The fraction of sp³-hybridized carbons (Fsp3) is 0.467. The lowest BCUT2D eigenvalue weighted by Gasteiger charge is -2.18. The second kappa shape index (κ2) is 5.43. The molecule has 2 amide bonds. The smallest absolute Gasteiger partial charge is 0.227 e. The van der Waals surface area contributed by atoms with Gasteiger partial charge in [-0.2, -0.15) is 0 Å². The van der Waals surface area contributed by atoms with Gasteiger partial charge in [-0.1, -0.05) is 26.0 Å². The normalized spacial score (nSPS) is 19.1. The third kappa shape index (κ3) is 2.78. The molecule has 1 N–H and O–H groups in total. The maximum Gasteiger partial charge on any atom is 0.227 e. The minimum absolute atomic E-state index is 0.0227. The molecule has 2 rings (SSSR count). The number of rotatable bonds is 3. The van der Waals surface area contributed by atoms with Gasteiger partial charge in [0.15, 0.2) is 0 Å². The van der Waals surface area contributed by atoms with Crippen LogP contribution in [0.2, 0.25) is 0 Å². The van der Waals surface area contributed by atoms with Crippen LogP contribution in [0.5, 0.6) is 0 Å². The Morgan fingerprint density at radius 3 is 2.79 bits per heavy atom. The van der Waals surface area contributed by atoms with E-state index in [0.29, 0.717) is 18.9 Å². The Labute approximate surface area is 113 Å². The number of carbonyl (C=O) groups is 2. The van der Waals surface area contributed by atoms with Gasteiger partial charge in [-0.05, 0) is 23.6 Å². The third-order valence-corrected chi connectivity index (χ3v) is 3.59. The van der Waals surface area contributed by atoms with Gasteiger partial charge in [0, 0.05) is 25.7 Å². The molecule has 1 aliphatic heterocycles. The molecule has 1 saturated heterocycles. The van der Waals surface area contributed by atoms with Gasteiger partial charge in [-0.25, -0.2) is 0 Å². The average molecular weight is 260 g/mol. The van der Waals surface area contributed by atoms with E-state index in [1.165, 1.54) is 5.56 Å². The van der Waals surface area contributed by atoms with E-state index in [0.717, 1.165) is 5.69 Å². The van der Waals surface area contributed by atoms with Crippen LogP contribution in [0.1, 0.15) is 31.7 Å². The number of benzene rings is 1. The first-order chi connectivity index (χ1) is 9.02. The highest BCUT2D eigenvalue weighted by Gasteiger charge is 2.34. The Balaban J connectivity index is 2.20. The number of nitrogens with zero attached hydrogens (tertiary/aromatic N) is 1. The summed E-state index contributed by atoms with van der Waals surface area (Å²) in [6.45, 7) is 4.72. The largest absolute Gasteiger partial charge is 0.359 e. The molecule has 4 nitrogen and oxygen atoms in total. The summed E-state index contributed by atoms with van der Waals surface area (Å²) in [7, 11) is 1.61. The minimum Gasteiger partial charge on any atom is -0.359 e. The van der Waals surface area contributed by atoms with Crippen LogP contribution in [0.25, 0.3) is 0 Å². The molecule has 4 heteroatoms. The van der Waals surface area contributed by atoms with Gasteiger partial charge >= 0.3 is 0 Å². The van der Waals surface area contributed by atoms with E-state index in [4.69, 9.17) is 0 Å². The molecule has 0 saturated carbocycles. The number of nitrogens with one attached hydrogen (secondary N) is 1. The van der Waals surface area contributed by atoms with E-state index < -0.39 is 0 Å². The van der Waals surface area contributed by atoms with Crippen molar-refractivity contribution in [2.75, 3.05) is 18.5 Å². The van der Waals surface area contributed by atoms with Crippen LogP contribution in [0, 0.1) is 5.92 Å². The molecule has 1 fully saturated rings. The number of anilines is 1. The van der Waals surface area contributed by atoms with Gasteiger partial charge in [0.25, 0.3) is 0 Å². The highest BCUT2D eigenvalue weighted by Crippen LogP contribution is 2.27. The van der Waals surface area contributed by atoms with Crippen molar-refractivity contribution in [1.82, 2.24) is 5.32 Å². The third-order valence-electron chi connectivity index (χ3n) is 3.59. The van der Waals surface area contributed by atoms with Crippen molar-refractivity contribution in [2.24, 2.45) is 5.92 Å². The summed E-state index contributed by atoms with van der Waals surface area (Å²) in [6.07, 6.45) is 0.297. The van der Waals surface area contributed by atoms with Gasteiger partial charge in [-0.3, -0.25) is 9.59 Å². The number of hydrogen-bond acceptors (Lipinski definition) is 2. The second-order valence-electron chi connectivity index (χ2n) is 5.27. The summed E-state index contributed by atoms with van der Waals surface area (Å²) in [5.41, 5.74) is 2.09. The molecule has 1 atom stereocenters. The van der Waals surface area contributed by atoms with E-state index in [1.54, 1.807) is 11.9 Å². The lowest BCUT2D eigenvalue weighted by Crippen LogP contribution is -2.30. The molecule has 1 aromatic carbocycles. The zero-order chi connectivity index (χ0) is 14.0. The van der Waals surface area contributed by atoms with Gasteiger partial charge < -0.3 is 10.2 Å². The lowest BCUT2D eigenvalue weighted by atomic mass is 10.0. The van der Waals surface area contributed by atoms with E-state index in [2.05, 4.69) is 25.2 Å². The van der Waals surface area contributed by atoms with Gasteiger partial charge in [0.1, 0.15) is 0 Å². The van der Waals surface area contributed by atoms with Gasteiger partial charge in [-0.15, -0.1) is 0 Å². The maximum atomic E-state index is 12.0. The monoisotopic (exact) mass is 260 g/mol. The average Bonchev–Trinajstić information content (AvgIpc) is 2.80. The van der Waals surface area contributed by atoms with Crippen LogP contribution in [0.4, 0.5) is 5.69 Å². The molecule has 0 bridgehead atoms. The predicted octanol–water partition coefficient (Wildman–Crippen LogP) is 1.91. The molecule has 102 valence electrons. The first kappa shape index (κ1) is 13.6. The lowest BCUT2D eigenvalue weighted by molar-refractivity contribution is -0.125. The number of hydrogen-bond donors (Lipinski definition) is 1. The Kier molecular flexibility index (Phi) is 3.88. The van der Waals surface area contributed by atoms with Crippen LogP contribution in [-0.4, -0.2) is 25.4 Å². The predicted molar refractivity (Wildman–Crippen MR) is 75.1 cm³/mol. The highest BCUT2D eigenvalue weighted by atomic mass is 16.2. The molecular weight excluding hydrogens is 240 g/mol. The fourth-order valence-corrected chi connectivity index (χ4v) is 2.39. The molecule has 19 heavy (non-hydrogen) atoms. The molecule has 1 aromatic rings. The standard InChI is InChI=1S/C15H20N2O2/c1-10(2)11-5-4-6-13(7-11)17-9-12(8-14(17)18)15(19)16-3/h4-7,10,12H,8-9H2,1-3H3,(H,16,19)/t12-/m1/s1. The molecular formula is C15H20N2O2. The first-order valence-corrected chi connectivity index (χ1v) is 6.65. The summed E-state index contributed by atoms with van der Waals surface area (Å²) >= 11 is 0. The summed E-state index contributed by atoms with van der Waals surface area (Å²) in [5.74, 6) is 0.151. The maximum absolute atomic E-state index is 12.0. The SMILES string of the molecule is CNC(=O)[C@@H]1CC(=O)N(c2cccc(C(C)C)c2)C1. The zero-order valence-electron chi connectivity index (χ0n) is 11.6. The van der Waals surface area contributed by atoms with Crippen molar-refractivity contribution in [3.63, 3.8) is 0 Å². The minimum atomic E-state index is -0.236. The van der Waals surface area contributed by atoms with Gasteiger partial charge in [0.2, 0.25) is 11.8 Å². The van der Waals surface area contributed by atoms with Crippen LogP contribution in [0.3, 0.4) is 0 Å². The molecule has 1 aliphatic rings.